The number of phenols is 1. The minimum atomic E-state index is 0.0214. The van der Waals surface area contributed by atoms with Crippen molar-refractivity contribution in [1.29, 1.82) is 0 Å². The molecule has 0 bridgehead atoms. The summed E-state index contributed by atoms with van der Waals surface area (Å²) in [6.45, 7) is 0. The van der Waals surface area contributed by atoms with Gasteiger partial charge in [0.15, 0.2) is 0 Å². The summed E-state index contributed by atoms with van der Waals surface area (Å²) in [5, 5.41) is 12.1. The van der Waals surface area contributed by atoms with Gasteiger partial charge in [0.05, 0.1) is 3.57 Å². The summed E-state index contributed by atoms with van der Waals surface area (Å²) in [6, 6.07) is 3.51. The lowest BCUT2D eigenvalue weighted by Crippen LogP contribution is -2.18. The molecule has 1 amide bonds. The van der Waals surface area contributed by atoms with Crippen LogP contribution < -0.4 is 5.32 Å². The lowest BCUT2D eigenvalue weighted by molar-refractivity contribution is -0.116. The molecule has 1 aliphatic heterocycles. The Morgan fingerprint density at radius 1 is 1.38 bits per heavy atom. The Morgan fingerprint density at radius 3 is 2.92 bits per heavy atom. The van der Waals surface area contributed by atoms with Crippen LogP contribution in [0.5, 0.6) is 5.75 Å². The van der Waals surface area contributed by atoms with Crippen molar-refractivity contribution in [3.8, 4) is 5.75 Å². The topological polar surface area (TPSA) is 49.3 Å². The standard InChI is InChI=1S/C9H8INO2/c10-6-3-5-1-2-9(13)11-7(5)4-8(6)12/h3-4,12H,1-2H2,(H,11,13). The fraction of sp³-hybridized carbons (Fsp3) is 0.222. The van der Waals surface area contributed by atoms with Crippen molar-refractivity contribution in [2.75, 3.05) is 5.32 Å². The third-order valence-corrected chi connectivity index (χ3v) is 2.93. The maximum absolute atomic E-state index is 11.0. The largest absolute Gasteiger partial charge is 0.507 e. The number of anilines is 1. The highest BCUT2D eigenvalue weighted by atomic mass is 127. The van der Waals surface area contributed by atoms with Gasteiger partial charge in [0.1, 0.15) is 5.75 Å². The summed E-state index contributed by atoms with van der Waals surface area (Å²) in [4.78, 5) is 11.0. The lowest BCUT2D eigenvalue weighted by Gasteiger charge is -2.17. The van der Waals surface area contributed by atoms with Crippen molar-refractivity contribution in [2.45, 2.75) is 12.8 Å². The molecule has 1 heterocycles. The van der Waals surface area contributed by atoms with Crippen LogP contribution in [-0.4, -0.2) is 11.0 Å². The predicted octanol–water partition coefficient (Wildman–Crippen LogP) is 1.88. The number of fused-ring (bicyclic) bond motifs is 1. The van der Waals surface area contributed by atoms with Gasteiger partial charge in [0.25, 0.3) is 0 Å². The second-order valence-corrected chi connectivity index (χ2v) is 4.17. The number of carbonyl (C=O) groups excluding carboxylic acids is 1. The Bertz CT molecular complexity index is 376. The van der Waals surface area contributed by atoms with E-state index >= 15 is 0 Å². The zero-order valence-electron chi connectivity index (χ0n) is 6.80. The summed E-state index contributed by atoms with van der Waals surface area (Å²) >= 11 is 2.07. The zero-order chi connectivity index (χ0) is 9.42. The molecule has 4 heteroatoms. The van der Waals surface area contributed by atoms with E-state index in [4.69, 9.17) is 0 Å². The first-order valence-corrected chi connectivity index (χ1v) is 5.06. The summed E-state index contributed by atoms with van der Waals surface area (Å²) in [5.41, 5.74) is 1.84. The number of hydrogen-bond acceptors (Lipinski definition) is 2. The van der Waals surface area contributed by atoms with Crippen molar-refractivity contribution in [2.24, 2.45) is 0 Å². The van der Waals surface area contributed by atoms with Gasteiger partial charge in [-0.15, -0.1) is 0 Å². The Hall–Kier alpha value is -0.780. The molecule has 0 unspecified atom stereocenters. The van der Waals surface area contributed by atoms with Crippen LogP contribution in [-0.2, 0) is 11.2 Å². The third-order valence-electron chi connectivity index (χ3n) is 2.07. The van der Waals surface area contributed by atoms with Crippen molar-refractivity contribution in [1.82, 2.24) is 0 Å². The van der Waals surface area contributed by atoms with E-state index in [9.17, 15) is 9.90 Å². The summed E-state index contributed by atoms with van der Waals surface area (Å²) in [6.07, 6.45) is 1.30. The monoisotopic (exact) mass is 289 g/mol. The minimum absolute atomic E-state index is 0.0214. The summed E-state index contributed by atoms with van der Waals surface area (Å²) in [7, 11) is 0. The molecule has 68 valence electrons. The molecule has 0 fully saturated rings. The zero-order valence-corrected chi connectivity index (χ0v) is 8.96. The Kier molecular flexibility index (Phi) is 2.15. The van der Waals surface area contributed by atoms with Gasteiger partial charge in [-0.05, 0) is 40.6 Å². The fourth-order valence-electron chi connectivity index (χ4n) is 1.39. The van der Waals surface area contributed by atoms with E-state index in [1.165, 1.54) is 0 Å². The molecule has 0 aliphatic carbocycles. The molecular weight excluding hydrogens is 281 g/mol. The average Bonchev–Trinajstić information content (AvgIpc) is 2.08. The quantitative estimate of drug-likeness (QED) is 0.716. The van der Waals surface area contributed by atoms with Gasteiger partial charge < -0.3 is 10.4 Å². The van der Waals surface area contributed by atoms with Gasteiger partial charge in [-0.2, -0.15) is 0 Å². The van der Waals surface area contributed by atoms with Gasteiger partial charge in [-0.1, -0.05) is 0 Å². The van der Waals surface area contributed by atoms with Gasteiger partial charge in [0, 0.05) is 18.2 Å². The number of carbonyl (C=O) groups is 1. The molecule has 0 aromatic heterocycles. The molecule has 1 aliphatic rings. The highest BCUT2D eigenvalue weighted by Gasteiger charge is 2.16. The number of hydrogen-bond donors (Lipinski definition) is 2. The number of amides is 1. The predicted molar refractivity (Wildman–Crippen MR) is 57.8 cm³/mol. The number of nitrogens with one attached hydrogen (secondary N) is 1. The van der Waals surface area contributed by atoms with Gasteiger partial charge in [-0.25, -0.2) is 0 Å². The van der Waals surface area contributed by atoms with Crippen LogP contribution in [0.4, 0.5) is 5.69 Å². The smallest absolute Gasteiger partial charge is 0.224 e. The Morgan fingerprint density at radius 2 is 2.15 bits per heavy atom. The molecule has 2 N–H and O–H groups in total. The Labute approximate surface area is 89.3 Å². The van der Waals surface area contributed by atoms with Crippen LogP contribution in [0, 0.1) is 3.57 Å². The number of rotatable bonds is 0. The molecule has 3 nitrogen and oxygen atoms in total. The molecule has 13 heavy (non-hydrogen) atoms. The highest BCUT2D eigenvalue weighted by Crippen LogP contribution is 2.30. The first-order valence-electron chi connectivity index (χ1n) is 3.98. The molecule has 0 spiro atoms. The number of benzene rings is 1. The third kappa shape index (κ3) is 1.63. The summed E-state index contributed by atoms with van der Waals surface area (Å²) < 4.78 is 0.826. The first kappa shape index (κ1) is 8.80. The van der Waals surface area contributed by atoms with E-state index in [1.54, 1.807) is 6.07 Å². The molecule has 2 rings (SSSR count). The molecule has 0 radical (unpaired) electrons. The highest BCUT2D eigenvalue weighted by molar-refractivity contribution is 14.1. The van der Waals surface area contributed by atoms with E-state index in [0.717, 1.165) is 21.2 Å². The maximum Gasteiger partial charge on any atom is 0.224 e. The van der Waals surface area contributed by atoms with Crippen molar-refractivity contribution < 1.29 is 9.90 Å². The second kappa shape index (κ2) is 3.17. The number of phenolic OH excluding ortho intramolecular Hbond substituents is 1. The van der Waals surface area contributed by atoms with Crippen molar-refractivity contribution >= 4 is 34.2 Å². The van der Waals surface area contributed by atoms with Crippen LogP contribution in [0.15, 0.2) is 12.1 Å². The molecule has 0 saturated carbocycles. The minimum Gasteiger partial charge on any atom is -0.507 e. The van der Waals surface area contributed by atoms with E-state index in [2.05, 4.69) is 27.9 Å². The molecule has 1 aromatic carbocycles. The Balaban J connectivity index is 2.49. The number of aromatic hydroxyl groups is 1. The molecule has 0 saturated heterocycles. The van der Waals surface area contributed by atoms with Gasteiger partial charge >= 0.3 is 0 Å². The van der Waals surface area contributed by atoms with E-state index in [1.807, 2.05) is 6.07 Å². The van der Waals surface area contributed by atoms with Crippen LogP contribution in [0.25, 0.3) is 0 Å². The van der Waals surface area contributed by atoms with E-state index < -0.39 is 0 Å². The van der Waals surface area contributed by atoms with Crippen molar-refractivity contribution in [3.63, 3.8) is 0 Å². The average molecular weight is 289 g/mol. The van der Waals surface area contributed by atoms with Gasteiger partial charge in [0.2, 0.25) is 5.91 Å². The van der Waals surface area contributed by atoms with Crippen LogP contribution in [0.2, 0.25) is 0 Å². The van der Waals surface area contributed by atoms with Crippen molar-refractivity contribution in [3.05, 3.63) is 21.3 Å². The van der Waals surface area contributed by atoms with Crippen LogP contribution in [0.3, 0.4) is 0 Å². The van der Waals surface area contributed by atoms with E-state index in [-0.39, 0.29) is 11.7 Å². The van der Waals surface area contributed by atoms with Crippen LogP contribution in [0.1, 0.15) is 12.0 Å². The first-order chi connectivity index (χ1) is 6.16. The van der Waals surface area contributed by atoms with E-state index in [0.29, 0.717) is 6.42 Å². The number of aryl methyl sites for hydroxylation is 1. The molecule has 1 aromatic rings. The molecular formula is C9H8INO2. The van der Waals surface area contributed by atoms with Crippen LogP contribution >= 0.6 is 22.6 Å². The lowest BCUT2D eigenvalue weighted by atomic mass is 10.0. The maximum atomic E-state index is 11.0. The van der Waals surface area contributed by atoms with Gasteiger partial charge in [-0.3, -0.25) is 4.79 Å². The normalized spacial score (nSPS) is 15.0. The summed E-state index contributed by atoms with van der Waals surface area (Å²) in [5.74, 6) is 0.245. The second-order valence-electron chi connectivity index (χ2n) is 3.01. The number of halogens is 1. The molecule has 0 atom stereocenters. The fourth-order valence-corrected chi connectivity index (χ4v) is 1.92. The SMILES string of the molecule is O=C1CCc2cc(I)c(O)cc2N1.